The Hall–Kier alpha value is -2.90. The highest BCUT2D eigenvalue weighted by Gasteiger charge is 2.45. The molecular formula is C19H19F2N3O3. The molecule has 1 aromatic heterocycles. The number of methoxy groups -OCH3 is 1. The Kier molecular flexibility index (Phi) is 5.43. The summed E-state index contributed by atoms with van der Waals surface area (Å²) in [4.78, 5) is 31.2. The number of carbonyl (C=O) groups excluding carboxylic acids is 2. The largest absolute Gasteiger partial charge is 0.497 e. The van der Waals surface area contributed by atoms with Gasteiger partial charge in [0.15, 0.2) is 5.78 Å². The summed E-state index contributed by atoms with van der Waals surface area (Å²) in [5, 5.41) is 1.87. The Morgan fingerprint density at radius 3 is 2.56 bits per heavy atom. The van der Waals surface area contributed by atoms with E-state index >= 15 is 0 Å². The minimum absolute atomic E-state index is 0.0225. The summed E-state index contributed by atoms with van der Waals surface area (Å²) in [6, 6.07) is 7.91. The van der Waals surface area contributed by atoms with Crippen LogP contribution in [0.5, 0.6) is 5.75 Å². The second-order valence-electron chi connectivity index (χ2n) is 6.52. The Morgan fingerprint density at radius 1 is 1.26 bits per heavy atom. The van der Waals surface area contributed by atoms with E-state index in [4.69, 9.17) is 4.74 Å². The first kappa shape index (κ1) is 18.9. The second-order valence-corrected chi connectivity index (χ2v) is 6.52. The lowest BCUT2D eigenvalue weighted by Gasteiger charge is -2.15. The van der Waals surface area contributed by atoms with E-state index in [9.17, 15) is 18.4 Å². The molecule has 0 saturated heterocycles. The van der Waals surface area contributed by atoms with Gasteiger partial charge in [-0.3, -0.25) is 9.59 Å². The summed E-state index contributed by atoms with van der Waals surface area (Å²) >= 11 is 0. The highest BCUT2D eigenvalue weighted by molar-refractivity contribution is 5.99. The summed E-state index contributed by atoms with van der Waals surface area (Å²) in [6.45, 7) is -0.514. The van der Waals surface area contributed by atoms with Crippen LogP contribution in [-0.4, -0.2) is 41.7 Å². The third-order valence-corrected chi connectivity index (χ3v) is 4.68. The third-order valence-electron chi connectivity index (χ3n) is 4.68. The Labute approximate surface area is 155 Å². The maximum atomic E-state index is 12.1. The van der Waals surface area contributed by atoms with Gasteiger partial charge in [-0.15, -0.1) is 0 Å². The van der Waals surface area contributed by atoms with E-state index in [0.717, 1.165) is 18.6 Å². The smallest absolute Gasteiger partial charge is 0.315 e. The van der Waals surface area contributed by atoms with Gasteiger partial charge in [0.25, 0.3) is 5.91 Å². The van der Waals surface area contributed by atoms with Crippen molar-refractivity contribution in [2.45, 2.75) is 31.1 Å². The lowest BCUT2D eigenvalue weighted by Crippen LogP contribution is -2.34. The lowest BCUT2D eigenvalue weighted by atomic mass is 9.92. The summed E-state index contributed by atoms with van der Waals surface area (Å²) < 4.78 is 29.5. The minimum atomic E-state index is -3.15. The Bertz CT molecular complexity index is 836. The molecule has 0 atom stereocenters. The van der Waals surface area contributed by atoms with E-state index in [1.807, 2.05) is 23.5 Å². The zero-order valence-electron chi connectivity index (χ0n) is 14.7. The van der Waals surface area contributed by atoms with Gasteiger partial charge in [-0.1, -0.05) is 12.1 Å². The normalized spacial score (nSPS) is 14.7. The highest BCUT2D eigenvalue weighted by atomic mass is 19.3. The fourth-order valence-electron chi connectivity index (χ4n) is 2.91. The number of halogens is 2. The monoisotopic (exact) mass is 375 g/mol. The highest BCUT2D eigenvalue weighted by Crippen LogP contribution is 2.50. The van der Waals surface area contributed by atoms with Gasteiger partial charge < -0.3 is 10.1 Å². The molecule has 1 aliphatic carbocycles. The number of hydrogen-bond donors (Lipinski definition) is 1. The van der Waals surface area contributed by atoms with Crippen molar-refractivity contribution in [3.8, 4) is 5.75 Å². The zero-order valence-corrected chi connectivity index (χ0v) is 14.7. The van der Waals surface area contributed by atoms with Gasteiger partial charge >= 0.3 is 6.43 Å². The SMILES string of the molecule is COc1cccc(C2(Cc3ncc(C(=O)CNC(=O)C(F)F)cn3)CC2)c1. The molecule has 0 aliphatic heterocycles. The molecule has 2 aromatic rings. The standard InChI is InChI=1S/C19H19F2N3O3/c1-27-14-4-2-3-13(7-14)19(5-6-19)8-16-22-9-12(10-23-16)15(25)11-24-18(26)17(20)21/h2-4,7,9-10,17H,5-6,8,11H2,1H3,(H,24,26). The topological polar surface area (TPSA) is 81.2 Å². The minimum Gasteiger partial charge on any atom is -0.497 e. The summed E-state index contributed by atoms with van der Waals surface area (Å²) in [7, 11) is 1.63. The first-order valence-corrected chi connectivity index (χ1v) is 8.48. The van der Waals surface area contributed by atoms with Crippen molar-refractivity contribution in [2.75, 3.05) is 13.7 Å². The molecule has 0 radical (unpaired) electrons. The quantitative estimate of drug-likeness (QED) is 0.716. The molecule has 0 unspecified atom stereocenters. The number of alkyl halides is 2. The average Bonchev–Trinajstić information content (AvgIpc) is 3.47. The van der Waals surface area contributed by atoms with E-state index in [-0.39, 0.29) is 11.0 Å². The van der Waals surface area contributed by atoms with Crippen LogP contribution in [0, 0.1) is 0 Å². The van der Waals surface area contributed by atoms with Crippen LogP contribution in [0.15, 0.2) is 36.7 Å². The van der Waals surface area contributed by atoms with Gasteiger partial charge in [-0.2, -0.15) is 8.78 Å². The van der Waals surface area contributed by atoms with Crippen LogP contribution in [0.1, 0.15) is 34.6 Å². The molecule has 1 heterocycles. The maximum absolute atomic E-state index is 12.1. The van der Waals surface area contributed by atoms with Crippen LogP contribution < -0.4 is 10.1 Å². The van der Waals surface area contributed by atoms with Crippen molar-refractivity contribution in [1.82, 2.24) is 15.3 Å². The molecule has 0 spiro atoms. The van der Waals surface area contributed by atoms with Crippen LogP contribution in [0.3, 0.4) is 0 Å². The van der Waals surface area contributed by atoms with E-state index in [2.05, 4.69) is 16.0 Å². The number of ketones is 1. The van der Waals surface area contributed by atoms with E-state index < -0.39 is 24.7 Å². The molecule has 1 saturated carbocycles. The first-order chi connectivity index (χ1) is 12.9. The van der Waals surface area contributed by atoms with Crippen LogP contribution >= 0.6 is 0 Å². The van der Waals surface area contributed by atoms with Crippen LogP contribution in [0.2, 0.25) is 0 Å². The van der Waals surface area contributed by atoms with Crippen molar-refractivity contribution in [3.05, 3.63) is 53.6 Å². The van der Waals surface area contributed by atoms with Crippen molar-refractivity contribution in [3.63, 3.8) is 0 Å². The molecule has 142 valence electrons. The lowest BCUT2D eigenvalue weighted by molar-refractivity contribution is -0.131. The van der Waals surface area contributed by atoms with E-state index in [1.165, 1.54) is 18.0 Å². The molecule has 1 aromatic carbocycles. The van der Waals surface area contributed by atoms with Gasteiger partial charge in [-0.25, -0.2) is 9.97 Å². The fraction of sp³-hybridized carbons (Fsp3) is 0.368. The van der Waals surface area contributed by atoms with Crippen LogP contribution in [-0.2, 0) is 16.6 Å². The van der Waals surface area contributed by atoms with Crippen molar-refractivity contribution < 1.29 is 23.1 Å². The number of aromatic nitrogens is 2. The molecule has 6 nitrogen and oxygen atoms in total. The number of benzene rings is 1. The third kappa shape index (κ3) is 4.45. The Balaban J connectivity index is 1.64. The number of Topliss-reactive ketones (excluding diaryl/α,β-unsaturated/α-hetero) is 1. The van der Waals surface area contributed by atoms with E-state index in [0.29, 0.717) is 12.2 Å². The van der Waals surface area contributed by atoms with Gasteiger partial charge in [0.05, 0.1) is 19.2 Å². The number of nitrogens with zero attached hydrogens (tertiary/aromatic N) is 2. The molecule has 1 amide bonds. The molecule has 27 heavy (non-hydrogen) atoms. The zero-order chi connectivity index (χ0) is 19.4. The summed E-state index contributed by atoms with van der Waals surface area (Å²) in [5.41, 5.74) is 1.31. The molecule has 3 rings (SSSR count). The number of carbonyl (C=O) groups is 2. The number of amides is 1. The number of rotatable bonds is 8. The summed E-state index contributed by atoms with van der Waals surface area (Å²) in [6.07, 6.45) is 2.24. The molecule has 1 fully saturated rings. The second kappa shape index (κ2) is 7.77. The fourth-order valence-corrected chi connectivity index (χ4v) is 2.91. The van der Waals surface area contributed by atoms with Gasteiger partial charge in [-0.05, 0) is 30.5 Å². The maximum Gasteiger partial charge on any atom is 0.315 e. The van der Waals surface area contributed by atoms with Crippen LogP contribution in [0.25, 0.3) is 0 Å². The predicted octanol–water partition coefficient (Wildman–Crippen LogP) is 2.32. The molecule has 0 bridgehead atoms. The molecule has 1 aliphatic rings. The number of ether oxygens (including phenoxy) is 1. The summed E-state index contributed by atoms with van der Waals surface area (Å²) in [5.74, 6) is -0.602. The molecule has 1 N–H and O–H groups in total. The Morgan fingerprint density at radius 2 is 1.96 bits per heavy atom. The van der Waals surface area contributed by atoms with Gasteiger partial charge in [0.2, 0.25) is 0 Å². The van der Waals surface area contributed by atoms with E-state index in [1.54, 1.807) is 7.11 Å². The first-order valence-electron chi connectivity index (χ1n) is 8.48. The molecular weight excluding hydrogens is 356 g/mol. The van der Waals surface area contributed by atoms with Crippen molar-refractivity contribution in [1.29, 1.82) is 0 Å². The van der Waals surface area contributed by atoms with Gasteiger partial charge in [0.1, 0.15) is 11.6 Å². The van der Waals surface area contributed by atoms with Gasteiger partial charge in [0, 0.05) is 24.2 Å². The predicted molar refractivity (Wildman–Crippen MR) is 93.0 cm³/mol. The number of nitrogens with one attached hydrogen (secondary N) is 1. The van der Waals surface area contributed by atoms with Crippen molar-refractivity contribution >= 4 is 11.7 Å². The van der Waals surface area contributed by atoms with Crippen molar-refractivity contribution in [2.24, 2.45) is 0 Å². The van der Waals surface area contributed by atoms with Crippen LogP contribution in [0.4, 0.5) is 8.78 Å². The average molecular weight is 375 g/mol. The number of hydrogen-bond acceptors (Lipinski definition) is 5. The molecule has 8 heteroatoms.